The molecule has 0 spiro atoms. The molecule has 1 aliphatic heterocycles. The summed E-state index contributed by atoms with van der Waals surface area (Å²) in [6, 6.07) is 3.29. The molecule has 18 heavy (non-hydrogen) atoms. The molecule has 1 fully saturated rings. The van der Waals surface area contributed by atoms with E-state index in [0.29, 0.717) is 13.1 Å². The highest BCUT2D eigenvalue weighted by Gasteiger charge is 2.17. The molecule has 0 atom stereocenters. The highest BCUT2D eigenvalue weighted by Crippen LogP contribution is 2.01. The maximum absolute atomic E-state index is 12.0. The Morgan fingerprint density at radius 2 is 2.17 bits per heavy atom. The Morgan fingerprint density at radius 3 is 2.83 bits per heavy atom. The molecule has 1 aromatic heterocycles. The van der Waals surface area contributed by atoms with Crippen LogP contribution in [0, 0.1) is 0 Å². The molecule has 1 aromatic rings. The van der Waals surface area contributed by atoms with E-state index in [1.54, 1.807) is 23.2 Å². The Kier molecular flexibility index (Phi) is 3.99. The second-order valence-electron chi connectivity index (χ2n) is 4.14. The van der Waals surface area contributed by atoms with Gasteiger partial charge in [0, 0.05) is 32.4 Å². The molecule has 2 rings (SSSR count). The Hall–Kier alpha value is -1.82. The first-order chi connectivity index (χ1) is 8.72. The first-order valence-corrected chi connectivity index (χ1v) is 5.94. The molecule has 1 saturated heterocycles. The normalized spacial score (nSPS) is 15.5. The van der Waals surface area contributed by atoms with Crippen molar-refractivity contribution < 1.29 is 9.53 Å². The van der Waals surface area contributed by atoms with Gasteiger partial charge in [0.05, 0.1) is 7.11 Å². The molecule has 1 amide bonds. The number of rotatable bonds is 3. The molecule has 2 heterocycles. The summed E-state index contributed by atoms with van der Waals surface area (Å²) in [6.07, 6.45) is 1.60. The number of ether oxygens (including phenoxy) is 1. The van der Waals surface area contributed by atoms with Crippen LogP contribution in [0.25, 0.3) is 0 Å². The van der Waals surface area contributed by atoms with Crippen molar-refractivity contribution in [3.8, 4) is 5.75 Å². The number of piperazine rings is 1. The number of carbonyl (C=O) groups excluding carboxylic acids is 1. The molecule has 1 aliphatic rings. The lowest BCUT2D eigenvalue weighted by atomic mass is 10.3. The molecule has 0 aromatic carbocycles. The summed E-state index contributed by atoms with van der Waals surface area (Å²) < 4.78 is 6.32. The van der Waals surface area contributed by atoms with Crippen LogP contribution in [0.4, 0.5) is 0 Å². The van der Waals surface area contributed by atoms with Crippen LogP contribution in [0.15, 0.2) is 23.1 Å². The fourth-order valence-electron chi connectivity index (χ4n) is 1.95. The minimum absolute atomic E-state index is 0.0353. The minimum atomic E-state index is -0.275. The molecule has 6 heteroatoms. The van der Waals surface area contributed by atoms with Gasteiger partial charge in [-0.3, -0.25) is 9.59 Å². The number of nitrogens with one attached hydrogen (secondary N) is 1. The zero-order valence-corrected chi connectivity index (χ0v) is 10.4. The van der Waals surface area contributed by atoms with Gasteiger partial charge in [-0.15, -0.1) is 0 Å². The van der Waals surface area contributed by atoms with E-state index in [0.717, 1.165) is 13.1 Å². The lowest BCUT2D eigenvalue weighted by molar-refractivity contribution is -0.132. The molecule has 0 saturated carbocycles. The fraction of sp³-hybridized carbons (Fsp3) is 0.500. The van der Waals surface area contributed by atoms with E-state index < -0.39 is 0 Å². The SMILES string of the molecule is COc1cccn(CC(=O)N2CCNCC2)c1=O. The summed E-state index contributed by atoms with van der Waals surface area (Å²) in [7, 11) is 1.44. The zero-order chi connectivity index (χ0) is 13.0. The van der Waals surface area contributed by atoms with E-state index in [9.17, 15) is 9.59 Å². The van der Waals surface area contributed by atoms with Gasteiger partial charge in [-0.2, -0.15) is 0 Å². The van der Waals surface area contributed by atoms with E-state index in [1.165, 1.54) is 11.7 Å². The molecule has 0 aliphatic carbocycles. The molecular weight excluding hydrogens is 234 g/mol. The van der Waals surface area contributed by atoms with Gasteiger partial charge in [-0.1, -0.05) is 0 Å². The number of methoxy groups -OCH3 is 1. The number of carbonyl (C=O) groups is 1. The lowest BCUT2D eigenvalue weighted by Crippen LogP contribution is -2.48. The van der Waals surface area contributed by atoms with Crippen molar-refractivity contribution in [2.75, 3.05) is 33.3 Å². The van der Waals surface area contributed by atoms with Crippen LogP contribution in [0.3, 0.4) is 0 Å². The minimum Gasteiger partial charge on any atom is -0.491 e. The summed E-state index contributed by atoms with van der Waals surface area (Å²) in [4.78, 5) is 25.7. The summed E-state index contributed by atoms with van der Waals surface area (Å²) in [5.41, 5.74) is -0.275. The fourth-order valence-corrected chi connectivity index (χ4v) is 1.95. The molecule has 6 nitrogen and oxygen atoms in total. The molecule has 0 radical (unpaired) electrons. The summed E-state index contributed by atoms with van der Waals surface area (Å²) >= 11 is 0. The smallest absolute Gasteiger partial charge is 0.293 e. The predicted molar refractivity (Wildman–Crippen MR) is 66.7 cm³/mol. The van der Waals surface area contributed by atoms with Crippen molar-refractivity contribution in [1.82, 2.24) is 14.8 Å². The standard InChI is InChI=1S/C12H17N3O3/c1-18-10-3-2-6-15(12(10)17)9-11(16)14-7-4-13-5-8-14/h2-3,6,13H,4-5,7-9H2,1H3. The van der Waals surface area contributed by atoms with Crippen molar-refractivity contribution >= 4 is 5.91 Å². The van der Waals surface area contributed by atoms with Crippen LogP contribution >= 0.6 is 0 Å². The molecule has 0 unspecified atom stereocenters. The van der Waals surface area contributed by atoms with Crippen molar-refractivity contribution in [3.05, 3.63) is 28.7 Å². The third-order valence-electron chi connectivity index (χ3n) is 2.98. The molecule has 1 N–H and O–H groups in total. The molecule has 98 valence electrons. The largest absolute Gasteiger partial charge is 0.491 e. The third-order valence-corrected chi connectivity index (χ3v) is 2.98. The second kappa shape index (κ2) is 5.68. The van der Waals surface area contributed by atoms with Crippen molar-refractivity contribution in [3.63, 3.8) is 0 Å². The van der Waals surface area contributed by atoms with Crippen LogP contribution in [0.5, 0.6) is 5.75 Å². The Labute approximate surface area is 105 Å². The number of hydrogen-bond acceptors (Lipinski definition) is 4. The van der Waals surface area contributed by atoms with Gasteiger partial charge in [0.15, 0.2) is 5.75 Å². The van der Waals surface area contributed by atoms with Gasteiger partial charge in [-0.05, 0) is 12.1 Å². The maximum Gasteiger partial charge on any atom is 0.293 e. The van der Waals surface area contributed by atoms with Crippen molar-refractivity contribution in [1.29, 1.82) is 0 Å². The van der Waals surface area contributed by atoms with E-state index in [2.05, 4.69) is 5.32 Å². The van der Waals surface area contributed by atoms with Gasteiger partial charge in [0.2, 0.25) is 5.91 Å². The van der Waals surface area contributed by atoms with E-state index in [1.807, 2.05) is 0 Å². The quantitative estimate of drug-likeness (QED) is 0.771. The van der Waals surface area contributed by atoms with Crippen LogP contribution < -0.4 is 15.6 Å². The van der Waals surface area contributed by atoms with Crippen LogP contribution in [-0.4, -0.2) is 48.7 Å². The summed E-state index contributed by atoms with van der Waals surface area (Å²) in [5.74, 6) is 0.220. The first-order valence-electron chi connectivity index (χ1n) is 5.94. The maximum atomic E-state index is 12.0. The van der Waals surface area contributed by atoms with E-state index >= 15 is 0 Å². The van der Waals surface area contributed by atoms with Crippen molar-refractivity contribution in [2.24, 2.45) is 0 Å². The highest BCUT2D eigenvalue weighted by molar-refractivity contribution is 5.76. The lowest BCUT2D eigenvalue weighted by Gasteiger charge is -2.27. The number of pyridine rings is 1. The Morgan fingerprint density at radius 1 is 1.44 bits per heavy atom. The number of nitrogens with zero attached hydrogens (tertiary/aromatic N) is 2. The number of amides is 1. The second-order valence-corrected chi connectivity index (χ2v) is 4.14. The number of hydrogen-bond donors (Lipinski definition) is 1. The van der Waals surface area contributed by atoms with Crippen molar-refractivity contribution in [2.45, 2.75) is 6.54 Å². The average Bonchev–Trinajstić information content (AvgIpc) is 2.42. The van der Waals surface area contributed by atoms with Crippen LogP contribution in [0.2, 0.25) is 0 Å². The third kappa shape index (κ3) is 2.70. The van der Waals surface area contributed by atoms with Gasteiger partial charge in [0.1, 0.15) is 6.54 Å². The molecular formula is C12H17N3O3. The zero-order valence-electron chi connectivity index (χ0n) is 10.4. The number of aromatic nitrogens is 1. The predicted octanol–water partition coefficient (Wildman–Crippen LogP) is -0.711. The highest BCUT2D eigenvalue weighted by atomic mass is 16.5. The summed E-state index contributed by atoms with van der Waals surface area (Å²) in [6.45, 7) is 3.06. The first kappa shape index (κ1) is 12.6. The summed E-state index contributed by atoms with van der Waals surface area (Å²) in [5, 5.41) is 3.18. The van der Waals surface area contributed by atoms with Crippen LogP contribution in [-0.2, 0) is 11.3 Å². The van der Waals surface area contributed by atoms with Crippen LogP contribution in [0.1, 0.15) is 0 Å². The van der Waals surface area contributed by atoms with Gasteiger partial charge >= 0.3 is 0 Å². The van der Waals surface area contributed by atoms with E-state index in [4.69, 9.17) is 4.74 Å². The van der Waals surface area contributed by atoms with Gasteiger partial charge in [-0.25, -0.2) is 0 Å². The van der Waals surface area contributed by atoms with E-state index in [-0.39, 0.29) is 23.8 Å². The van der Waals surface area contributed by atoms with Gasteiger partial charge < -0.3 is 19.5 Å². The average molecular weight is 251 g/mol. The molecule has 0 bridgehead atoms. The Balaban J connectivity index is 2.09. The Bertz CT molecular complexity index is 478. The topological polar surface area (TPSA) is 63.6 Å². The van der Waals surface area contributed by atoms with Gasteiger partial charge in [0.25, 0.3) is 5.56 Å². The monoisotopic (exact) mass is 251 g/mol.